The number of anilines is 1. The largest absolute Gasteiger partial charge is 0.488 e. The zero-order valence-electron chi connectivity index (χ0n) is 14.9. The molecule has 0 spiro atoms. The maximum Gasteiger partial charge on any atom is 0.251 e. The Kier molecular flexibility index (Phi) is 5.92. The van der Waals surface area contributed by atoms with Gasteiger partial charge in [-0.25, -0.2) is 0 Å². The van der Waals surface area contributed by atoms with E-state index >= 15 is 0 Å². The molecule has 0 saturated heterocycles. The number of carbonyl (C=O) groups is 1. The van der Waals surface area contributed by atoms with Gasteiger partial charge in [0.2, 0.25) is 0 Å². The molecule has 4 nitrogen and oxygen atoms in total. The molecule has 0 unspecified atom stereocenters. The first kappa shape index (κ1) is 18.0. The van der Waals surface area contributed by atoms with Gasteiger partial charge in [0.05, 0.1) is 0 Å². The van der Waals surface area contributed by atoms with Crippen LogP contribution in [-0.2, 0) is 13.2 Å². The number of hydrogen-bond acceptors (Lipinski definition) is 4. The van der Waals surface area contributed by atoms with Crippen LogP contribution in [0.2, 0.25) is 0 Å². The SMILES string of the molecule is CN(C)c1cccc(CNC(=O)c2cccc(OCc3cccs3)c2)c1. The minimum Gasteiger partial charge on any atom is -0.488 e. The van der Waals surface area contributed by atoms with Crippen molar-refractivity contribution in [3.63, 3.8) is 0 Å². The number of nitrogens with one attached hydrogen (secondary N) is 1. The summed E-state index contributed by atoms with van der Waals surface area (Å²) in [7, 11) is 4.00. The molecule has 2 aromatic carbocycles. The summed E-state index contributed by atoms with van der Waals surface area (Å²) >= 11 is 1.65. The molecule has 0 aliphatic carbocycles. The molecule has 5 heteroatoms. The van der Waals surface area contributed by atoms with Crippen molar-refractivity contribution in [1.29, 1.82) is 0 Å². The van der Waals surface area contributed by atoms with E-state index in [0.717, 1.165) is 16.1 Å². The van der Waals surface area contributed by atoms with Crippen molar-refractivity contribution in [1.82, 2.24) is 5.32 Å². The first-order chi connectivity index (χ1) is 12.6. The van der Waals surface area contributed by atoms with E-state index in [1.54, 1.807) is 23.5 Å². The lowest BCUT2D eigenvalue weighted by Gasteiger charge is -2.14. The maximum absolute atomic E-state index is 12.4. The average molecular weight is 366 g/mol. The van der Waals surface area contributed by atoms with Gasteiger partial charge in [0.15, 0.2) is 0 Å². The number of amides is 1. The average Bonchev–Trinajstić information content (AvgIpc) is 3.18. The maximum atomic E-state index is 12.4. The van der Waals surface area contributed by atoms with E-state index in [-0.39, 0.29) is 5.91 Å². The summed E-state index contributed by atoms with van der Waals surface area (Å²) in [5, 5.41) is 4.99. The third-order valence-electron chi connectivity index (χ3n) is 3.94. The molecular weight excluding hydrogens is 344 g/mol. The molecule has 1 N–H and O–H groups in total. The number of thiophene rings is 1. The van der Waals surface area contributed by atoms with Crippen molar-refractivity contribution in [3.8, 4) is 5.75 Å². The Morgan fingerprint density at radius 2 is 1.92 bits per heavy atom. The van der Waals surface area contributed by atoms with Gasteiger partial charge in [0.1, 0.15) is 12.4 Å². The fourth-order valence-electron chi connectivity index (χ4n) is 2.51. The smallest absolute Gasteiger partial charge is 0.251 e. The van der Waals surface area contributed by atoms with Crippen LogP contribution in [-0.4, -0.2) is 20.0 Å². The predicted octanol–water partition coefficient (Wildman–Crippen LogP) is 4.32. The zero-order valence-corrected chi connectivity index (χ0v) is 15.8. The van der Waals surface area contributed by atoms with Crippen LogP contribution >= 0.6 is 11.3 Å². The molecular formula is C21H22N2O2S. The fourth-order valence-corrected chi connectivity index (χ4v) is 3.12. The molecule has 3 aromatic rings. The van der Waals surface area contributed by atoms with Gasteiger partial charge < -0.3 is 15.0 Å². The van der Waals surface area contributed by atoms with Gasteiger partial charge in [-0.15, -0.1) is 11.3 Å². The Morgan fingerprint density at radius 3 is 2.69 bits per heavy atom. The van der Waals surface area contributed by atoms with Gasteiger partial charge in [-0.3, -0.25) is 4.79 Å². The molecule has 1 heterocycles. The van der Waals surface area contributed by atoms with Crippen molar-refractivity contribution < 1.29 is 9.53 Å². The Bertz CT molecular complexity index is 860. The molecule has 0 aliphatic rings. The highest BCUT2D eigenvalue weighted by molar-refractivity contribution is 7.09. The van der Waals surface area contributed by atoms with Crippen LogP contribution in [0.1, 0.15) is 20.8 Å². The second kappa shape index (κ2) is 8.54. The van der Waals surface area contributed by atoms with E-state index < -0.39 is 0 Å². The summed E-state index contributed by atoms with van der Waals surface area (Å²) in [5.41, 5.74) is 2.77. The van der Waals surface area contributed by atoms with Gasteiger partial charge in [-0.05, 0) is 47.3 Å². The van der Waals surface area contributed by atoms with Crippen LogP contribution < -0.4 is 15.0 Å². The number of rotatable bonds is 7. The molecule has 0 saturated carbocycles. The fraction of sp³-hybridized carbons (Fsp3) is 0.190. The molecule has 3 rings (SSSR count). The number of benzene rings is 2. The monoisotopic (exact) mass is 366 g/mol. The second-order valence-electron chi connectivity index (χ2n) is 6.14. The molecule has 0 atom stereocenters. The molecule has 26 heavy (non-hydrogen) atoms. The Morgan fingerprint density at radius 1 is 1.08 bits per heavy atom. The van der Waals surface area contributed by atoms with E-state index in [4.69, 9.17) is 4.74 Å². The highest BCUT2D eigenvalue weighted by atomic mass is 32.1. The third kappa shape index (κ3) is 4.86. The minimum absolute atomic E-state index is 0.109. The van der Waals surface area contributed by atoms with E-state index in [1.165, 1.54) is 0 Å². The van der Waals surface area contributed by atoms with Gasteiger partial charge in [-0.1, -0.05) is 24.3 Å². The normalized spacial score (nSPS) is 10.4. The van der Waals surface area contributed by atoms with Crippen LogP contribution in [0.25, 0.3) is 0 Å². The van der Waals surface area contributed by atoms with Gasteiger partial charge in [-0.2, -0.15) is 0 Å². The molecule has 0 bridgehead atoms. The van der Waals surface area contributed by atoms with Crippen molar-refractivity contribution >= 4 is 22.9 Å². The lowest BCUT2D eigenvalue weighted by atomic mass is 10.1. The summed E-state index contributed by atoms with van der Waals surface area (Å²) in [6.07, 6.45) is 0. The Balaban J connectivity index is 1.59. The second-order valence-corrected chi connectivity index (χ2v) is 7.18. The Labute approximate surface area is 158 Å². The van der Waals surface area contributed by atoms with E-state index in [9.17, 15) is 4.79 Å². The molecule has 0 radical (unpaired) electrons. The van der Waals surface area contributed by atoms with Crippen LogP contribution in [0.15, 0.2) is 66.0 Å². The number of ether oxygens (including phenoxy) is 1. The summed E-state index contributed by atoms with van der Waals surface area (Å²) < 4.78 is 5.77. The lowest BCUT2D eigenvalue weighted by Crippen LogP contribution is -2.23. The van der Waals surface area contributed by atoms with Crippen LogP contribution in [0.5, 0.6) is 5.75 Å². The van der Waals surface area contributed by atoms with Gasteiger partial charge >= 0.3 is 0 Å². The van der Waals surface area contributed by atoms with E-state index in [1.807, 2.05) is 66.8 Å². The Hall–Kier alpha value is -2.79. The predicted molar refractivity (Wildman–Crippen MR) is 107 cm³/mol. The topological polar surface area (TPSA) is 41.6 Å². The lowest BCUT2D eigenvalue weighted by molar-refractivity contribution is 0.0950. The van der Waals surface area contributed by atoms with Gasteiger partial charge in [0, 0.05) is 36.8 Å². The minimum atomic E-state index is -0.109. The summed E-state index contributed by atoms with van der Waals surface area (Å²) in [5.74, 6) is 0.586. The van der Waals surface area contributed by atoms with Crippen molar-refractivity contribution in [3.05, 3.63) is 82.0 Å². The number of nitrogens with zero attached hydrogens (tertiary/aromatic N) is 1. The van der Waals surface area contributed by atoms with Crippen LogP contribution in [0.3, 0.4) is 0 Å². The zero-order chi connectivity index (χ0) is 18.4. The van der Waals surface area contributed by atoms with E-state index in [2.05, 4.69) is 11.4 Å². The number of hydrogen-bond donors (Lipinski definition) is 1. The van der Waals surface area contributed by atoms with Crippen molar-refractivity contribution in [2.24, 2.45) is 0 Å². The third-order valence-corrected chi connectivity index (χ3v) is 4.79. The molecule has 0 fully saturated rings. The summed E-state index contributed by atoms with van der Waals surface area (Å²) in [6.45, 7) is 1.00. The first-order valence-corrected chi connectivity index (χ1v) is 9.29. The highest BCUT2D eigenvalue weighted by Crippen LogP contribution is 2.18. The van der Waals surface area contributed by atoms with Gasteiger partial charge in [0.25, 0.3) is 5.91 Å². The van der Waals surface area contributed by atoms with Crippen LogP contribution in [0.4, 0.5) is 5.69 Å². The van der Waals surface area contributed by atoms with Crippen LogP contribution in [0, 0.1) is 0 Å². The van der Waals surface area contributed by atoms with Crippen molar-refractivity contribution in [2.75, 3.05) is 19.0 Å². The summed E-state index contributed by atoms with van der Waals surface area (Å²) in [6, 6.07) is 19.4. The molecule has 134 valence electrons. The van der Waals surface area contributed by atoms with E-state index in [0.29, 0.717) is 24.5 Å². The van der Waals surface area contributed by atoms with Crippen molar-refractivity contribution in [2.45, 2.75) is 13.2 Å². The molecule has 1 aromatic heterocycles. The molecule has 1 amide bonds. The molecule has 0 aliphatic heterocycles. The quantitative estimate of drug-likeness (QED) is 0.677. The standard InChI is InChI=1S/C21H22N2O2S/c1-23(2)18-8-3-6-16(12-18)14-22-21(24)17-7-4-9-19(13-17)25-15-20-10-5-11-26-20/h3-13H,14-15H2,1-2H3,(H,22,24). The highest BCUT2D eigenvalue weighted by Gasteiger charge is 2.07. The number of carbonyl (C=O) groups excluding carboxylic acids is 1. The summed E-state index contributed by atoms with van der Waals surface area (Å²) in [4.78, 5) is 15.6. The first-order valence-electron chi connectivity index (χ1n) is 8.41.